The molecule has 0 atom stereocenters. The molecular weight excluding hydrogens is 536 g/mol. The Kier molecular flexibility index (Phi) is 4.07. The van der Waals surface area contributed by atoms with Gasteiger partial charge < -0.3 is 5.11 Å². The summed E-state index contributed by atoms with van der Waals surface area (Å²) in [6, 6.07) is 3.38. The van der Waals surface area contributed by atoms with E-state index >= 15 is 0 Å². The molecule has 0 saturated heterocycles. The first-order chi connectivity index (χ1) is 7.43. The first-order valence-corrected chi connectivity index (χ1v) is 8.04. The molecule has 0 bridgehead atoms. The van der Waals surface area contributed by atoms with Crippen molar-refractivity contribution in [3.8, 4) is 5.75 Å². The average Bonchev–Trinajstić information content (AvgIpc) is 2.22. The summed E-state index contributed by atoms with van der Waals surface area (Å²) in [5, 5.41) is 11.5. The van der Waals surface area contributed by atoms with Crippen molar-refractivity contribution in [1.82, 2.24) is 0 Å². The number of halogens is 5. The Morgan fingerprint density at radius 3 is 1.94 bits per heavy atom. The number of rotatable bonds is 0. The maximum absolute atomic E-state index is 9.59. The molecule has 0 aliphatic rings. The molecule has 16 heavy (non-hydrogen) atoms. The zero-order valence-corrected chi connectivity index (χ0v) is 15.4. The van der Waals surface area contributed by atoms with Gasteiger partial charge in [-0.1, -0.05) is 0 Å². The zero-order chi connectivity index (χ0) is 12.0. The number of fused-ring (bicyclic) bond motifs is 1. The molecule has 0 unspecified atom stereocenters. The maximum atomic E-state index is 9.59. The molecule has 0 fully saturated rings. The fraction of sp³-hybridized carbons (Fsp3) is 0. The van der Waals surface area contributed by atoms with Crippen molar-refractivity contribution < 1.29 is 5.11 Å². The summed E-state index contributed by atoms with van der Waals surface area (Å²) >= 11 is 17.5. The summed E-state index contributed by atoms with van der Waals surface area (Å²) in [4.78, 5) is 0. The van der Waals surface area contributed by atoms with Gasteiger partial charge in [0.2, 0.25) is 0 Å². The average molecular weight is 539 g/mol. The van der Waals surface area contributed by atoms with Crippen LogP contribution in [0.15, 0.2) is 34.5 Å². The van der Waals surface area contributed by atoms with Crippen molar-refractivity contribution in [3.05, 3.63) is 34.5 Å². The van der Waals surface area contributed by atoms with Crippen LogP contribution in [0.2, 0.25) is 0 Å². The second-order valence-corrected chi connectivity index (χ2v) is 7.13. The van der Waals surface area contributed by atoms with Gasteiger partial charge in [-0.15, -0.1) is 0 Å². The highest BCUT2D eigenvalue weighted by Gasteiger charge is 2.16. The van der Waals surface area contributed by atoms with E-state index in [0.29, 0.717) is 0 Å². The molecule has 6 heteroatoms. The Morgan fingerprint density at radius 2 is 1.31 bits per heavy atom. The first-order valence-electron chi connectivity index (χ1n) is 4.07. The van der Waals surface area contributed by atoms with Crippen molar-refractivity contribution >= 4 is 90.4 Å². The van der Waals surface area contributed by atoms with Crippen LogP contribution in [0.25, 0.3) is 10.8 Å². The summed E-state index contributed by atoms with van der Waals surface area (Å²) in [6.45, 7) is 0. The number of phenolic OH excluding ortho intramolecular Hbond substituents is 1. The molecule has 2 aromatic carbocycles. The van der Waals surface area contributed by atoms with Crippen LogP contribution in [0, 0.1) is 0 Å². The van der Waals surface area contributed by atoms with Crippen LogP contribution in [0.3, 0.4) is 0 Å². The fourth-order valence-corrected chi connectivity index (χ4v) is 4.80. The molecule has 84 valence electrons. The third-order valence-electron chi connectivity index (χ3n) is 2.11. The predicted octanol–water partition coefficient (Wildman–Crippen LogP) is 6.36. The van der Waals surface area contributed by atoms with Gasteiger partial charge in [0.15, 0.2) is 0 Å². The van der Waals surface area contributed by atoms with Gasteiger partial charge in [-0.3, -0.25) is 0 Å². The van der Waals surface area contributed by atoms with E-state index in [4.69, 9.17) is 0 Å². The second-order valence-electron chi connectivity index (χ2n) is 3.11. The molecule has 0 amide bonds. The number of benzene rings is 2. The molecule has 2 aromatic rings. The summed E-state index contributed by atoms with van der Waals surface area (Å²) in [7, 11) is 0. The highest BCUT2D eigenvalue weighted by molar-refractivity contribution is 9.15. The fourth-order valence-electron chi connectivity index (χ4n) is 1.41. The van der Waals surface area contributed by atoms with Gasteiger partial charge in [0.05, 0.1) is 0 Å². The van der Waals surface area contributed by atoms with Crippen molar-refractivity contribution in [3.63, 3.8) is 0 Å². The third kappa shape index (κ3) is 2.11. The van der Waals surface area contributed by atoms with Gasteiger partial charge in [-0.05, 0) is 91.8 Å². The molecule has 1 N–H and O–H groups in total. The lowest BCUT2D eigenvalue weighted by Crippen LogP contribution is -1.84. The smallest absolute Gasteiger partial charge is 0.117 e. The summed E-state index contributed by atoms with van der Waals surface area (Å²) in [6.07, 6.45) is 0. The highest BCUT2D eigenvalue weighted by atomic mass is 79.9. The van der Waals surface area contributed by atoms with Crippen molar-refractivity contribution in [2.24, 2.45) is 0 Å². The minimum atomic E-state index is 0.223. The lowest BCUT2D eigenvalue weighted by molar-refractivity contribution is 0.476. The van der Waals surface area contributed by atoms with E-state index in [1.165, 1.54) is 0 Å². The van der Waals surface area contributed by atoms with Gasteiger partial charge >= 0.3 is 0 Å². The molecule has 0 aliphatic carbocycles. The maximum Gasteiger partial charge on any atom is 0.117 e. The molecule has 1 nitrogen and oxygen atoms in total. The van der Waals surface area contributed by atoms with Crippen molar-refractivity contribution in [2.75, 3.05) is 0 Å². The predicted molar refractivity (Wildman–Crippen MR) is 84.1 cm³/mol. The van der Waals surface area contributed by atoms with E-state index in [1.54, 1.807) is 12.1 Å². The third-order valence-corrected chi connectivity index (χ3v) is 7.53. The topological polar surface area (TPSA) is 20.2 Å². The Balaban J connectivity index is 3.08. The monoisotopic (exact) mass is 534 g/mol. The van der Waals surface area contributed by atoms with E-state index in [0.717, 1.165) is 33.1 Å². The van der Waals surface area contributed by atoms with Crippen molar-refractivity contribution in [2.45, 2.75) is 0 Å². The SMILES string of the molecule is Oc1cc(Br)c2c(Br)c(Br)c(Br)c(Br)c2c1. The van der Waals surface area contributed by atoms with Gasteiger partial charge in [0.25, 0.3) is 0 Å². The second kappa shape index (κ2) is 4.88. The lowest BCUT2D eigenvalue weighted by atomic mass is 10.1. The molecule has 0 aliphatic heterocycles. The zero-order valence-electron chi connectivity index (χ0n) is 7.49. The van der Waals surface area contributed by atoms with Crippen LogP contribution >= 0.6 is 79.6 Å². The van der Waals surface area contributed by atoms with Gasteiger partial charge in [0, 0.05) is 33.1 Å². The Bertz CT molecular complexity index is 594. The molecule has 0 saturated carbocycles. The quantitative estimate of drug-likeness (QED) is 0.306. The highest BCUT2D eigenvalue weighted by Crippen LogP contribution is 2.46. The number of hydrogen-bond donors (Lipinski definition) is 1. The van der Waals surface area contributed by atoms with Crippen LogP contribution in [0.4, 0.5) is 0 Å². The van der Waals surface area contributed by atoms with Crippen molar-refractivity contribution in [1.29, 1.82) is 0 Å². The van der Waals surface area contributed by atoms with Crippen LogP contribution < -0.4 is 0 Å². The largest absolute Gasteiger partial charge is 0.508 e. The van der Waals surface area contributed by atoms with Gasteiger partial charge in [0.1, 0.15) is 5.75 Å². The van der Waals surface area contributed by atoms with Crippen LogP contribution in [0.1, 0.15) is 0 Å². The lowest BCUT2D eigenvalue weighted by Gasteiger charge is -2.11. The van der Waals surface area contributed by atoms with Gasteiger partial charge in [-0.2, -0.15) is 0 Å². The molecule has 0 heterocycles. The number of phenols is 1. The van der Waals surface area contributed by atoms with Crippen LogP contribution in [0.5, 0.6) is 5.75 Å². The molecular formula is C10H3Br5O. The standard InChI is InChI=1S/C10H3Br5O/c11-5-2-3(16)1-4-6(5)8(13)10(15)9(14)7(4)12/h1-2,16H. The Labute approximate surface area is 134 Å². The molecule has 2 rings (SSSR count). The summed E-state index contributed by atoms with van der Waals surface area (Å²) in [5.41, 5.74) is 0. The van der Waals surface area contributed by atoms with E-state index in [-0.39, 0.29) is 5.75 Å². The molecule has 0 spiro atoms. The first kappa shape index (κ1) is 13.3. The van der Waals surface area contributed by atoms with Crippen LogP contribution in [-0.4, -0.2) is 5.11 Å². The van der Waals surface area contributed by atoms with Crippen LogP contribution in [-0.2, 0) is 0 Å². The minimum Gasteiger partial charge on any atom is -0.508 e. The molecule has 0 radical (unpaired) electrons. The van der Waals surface area contributed by atoms with Gasteiger partial charge in [-0.25, -0.2) is 0 Å². The Morgan fingerprint density at radius 1 is 0.750 bits per heavy atom. The molecule has 0 aromatic heterocycles. The summed E-state index contributed by atoms with van der Waals surface area (Å²) < 4.78 is 4.50. The Hall–Kier alpha value is 0.900. The van der Waals surface area contributed by atoms with E-state index in [2.05, 4.69) is 79.6 Å². The number of hydrogen-bond acceptors (Lipinski definition) is 1. The number of aromatic hydroxyl groups is 1. The minimum absolute atomic E-state index is 0.223. The van der Waals surface area contributed by atoms with E-state index in [1.807, 2.05) is 0 Å². The summed E-state index contributed by atoms with van der Waals surface area (Å²) in [5.74, 6) is 0.223. The normalized spacial score (nSPS) is 11.1. The van der Waals surface area contributed by atoms with E-state index in [9.17, 15) is 5.11 Å². The van der Waals surface area contributed by atoms with E-state index < -0.39 is 0 Å².